The number of β-lactam (4-membered cyclic amide) rings is 1. The van der Waals surface area contributed by atoms with Gasteiger partial charge in [0.2, 0.25) is 11.8 Å². The molecule has 4 nitrogen and oxygen atoms in total. The summed E-state index contributed by atoms with van der Waals surface area (Å²) in [4.78, 5) is 27.4. The molecule has 2 amide bonds. The number of nitrogens with zero attached hydrogens (tertiary/aromatic N) is 1. The predicted molar refractivity (Wildman–Crippen MR) is 94.4 cm³/mol. The zero-order chi connectivity index (χ0) is 17.2. The molecule has 1 N–H and O–H groups in total. The van der Waals surface area contributed by atoms with Crippen molar-refractivity contribution in [3.63, 3.8) is 0 Å². The molecule has 3 rings (SSSR count). The van der Waals surface area contributed by atoms with Gasteiger partial charge in [-0.3, -0.25) is 9.59 Å². The maximum absolute atomic E-state index is 12.8. The van der Waals surface area contributed by atoms with E-state index in [0.29, 0.717) is 6.54 Å². The summed E-state index contributed by atoms with van der Waals surface area (Å²) in [5.41, 5.74) is 0.801. The first-order valence-electron chi connectivity index (χ1n) is 9.21. The van der Waals surface area contributed by atoms with E-state index in [9.17, 15) is 9.59 Å². The Morgan fingerprint density at radius 1 is 1.21 bits per heavy atom. The van der Waals surface area contributed by atoms with E-state index in [4.69, 9.17) is 0 Å². The molecule has 1 spiro atoms. The first-order valence-corrected chi connectivity index (χ1v) is 9.21. The molecule has 1 aromatic rings. The zero-order valence-corrected chi connectivity index (χ0v) is 14.8. The topological polar surface area (TPSA) is 49.4 Å². The van der Waals surface area contributed by atoms with Crippen LogP contribution in [0.5, 0.6) is 0 Å². The average Bonchev–Trinajstić information content (AvgIpc) is 2.60. The Hall–Kier alpha value is -1.84. The van der Waals surface area contributed by atoms with E-state index in [0.717, 1.165) is 32.1 Å². The van der Waals surface area contributed by atoms with Crippen LogP contribution in [-0.2, 0) is 16.0 Å². The van der Waals surface area contributed by atoms with Gasteiger partial charge in [0.1, 0.15) is 6.04 Å². The van der Waals surface area contributed by atoms with Crippen LogP contribution >= 0.6 is 0 Å². The normalized spacial score (nSPS) is 22.5. The predicted octanol–water partition coefficient (Wildman–Crippen LogP) is 2.92. The number of carbonyl (C=O) groups excluding carboxylic acids is 2. The number of benzene rings is 1. The largest absolute Gasteiger partial charge is 0.354 e. The van der Waals surface area contributed by atoms with Crippen LogP contribution in [-0.4, -0.2) is 35.3 Å². The summed E-state index contributed by atoms with van der Waals surface area (Å²) < 4.78 is 0. The Morgan fingerprint density at radius 3 is 2.50 bits per heavy atom. The van der Waals surface area contributed by atoms with Gasteiger partial charge >= 0.3 is 0 Å². The highest BCUT2D eigenvalue weighted by Gasteiger charge is 2.63. The third-order valence-corrected chi connectivity index (χ3v) is 5.57. The van der Waals surface area contributed by atoms with Gasteiger partial charge in [0.15, 0.2) is 0 Å². The summed E-state index contributed by atoms with van der Waals surface area (Å²) >= 11 is 0. The fraction of sp³-hybridized carbons (Fsp3) is 0.600. The van der Waals surface area contributed by atoms with Crippen LogP contribution in [0.2, 0.25) is 0 Å². The van der Waals surface area contributed by atoms with Gasteiger partial charge in [0.05, 0.1) is 5.41 Å². The molecule has 4 heteroatoms. The second-order valence-electron chi connectivity index (χ2n) is 7.45. The smallest absolute Gasteiger partial charge is 0.243 e. The summed E-state index contributed by atoms with van der Waals surface area (Å²) in [6, 6.07) is 9.97. The first kappa shape index (κ1) is 17.0. The van der Waals surface area contributed by atoms with Gasteiger partial charge in [-0.25, -0.2) is 0 Å². The van der Waals surface area contributed by atoms with Gasteiger partial charge in [-0.1, -0.05) is 49.6 Å². The van der Waals surface area contributed by atoms with Crippen LogP contribution in [0.25, 0.3) is 0 Å². The van der Waals surface area contributed by atoms with E-state index in [-0.39, 0.29) is 23.9 Å². The molecule has 1 saturated carbocycles. The lowest BCUT2D eigenvalue weighted by molar-refractivity contribution is -0.185. The van der Waals surface area contributed by atoms with E-state index < -0.39 is 5.41 Å². The molecule has 0 aromatic heterocycles. The van der Waals surface area contributed by atoms with E-state index in [1.165, 1.54) is 12.0 Å². The zero-order valence-electron chi connectivity index (χ0n) is 14.8. The van der Waals surface area contributed by atoms with Crippen LogP contribution in [0.1, 0.15) is 51.5 Å². The van der Waals surface area contributed by atoms with Crippen molar-refractivity contribution in [2.24, 2.45) is 5.41 Å². The van der Waals surface area contributed by atoms with Crippen LogP contribution in [0.3, 0.4) is 0 Å². The summed E-state index contributed by atoms with van der Waals surface area (Å²) in [5.74, 6) is 0.224. The molecule has 0 radical (unpaired) electrons. The summed E-state index contributed by atoms with van der Waals surface area (Å²) in [5, 5.41) is 3.08. The molecule has 2 aliphatic rings. The molecular weight excluding hydrogens is 300 g/mol. The van der Waals surface area contributed by atoms with Crippen molar-refractivity contribution in [3.8, 4) is 0 Å². The van der Waals surface area contributed by atoms with Gasteiger partial charge in [-0.05, 0) is 38.7 Å². The Labute approximate surface area is 144 Å². The maximum Gasteiger partial charge on any atom is 0.243 e. The standard InChI is InChI=1S/C20H28N2O2/c1-15(2)22-17(20(19(22)24)12-7-4-8-13-20)18(23)21-14-11-16-9-5-3-6-10-16/h3,5-6,9-10,15,17H,4,7-8,11-14H2,1-2H3,(H,21,23). The van der Waals surface area contributed by atoms with Gasteiger partial charge in [0.25, 0.3) is 0 Å². The van der Waals surface area contributed by atoms with Gasteiger partial charge in [-0.2, -0.15) is 0 Å². The quantitative estimate of drug-likeness (QED) is 0.845. The van der Waals surface area contributed by atoms with E-state index in [2.05, 4.69) is 17.4 Å². The molecule has 1 unspecified atom stereocenters. The highest BCUT2D eigenvalue weighted by atomic mass is 16.2. The van der Waals surface area contributed by atoms with E-state index in [1.807, 2.05) is 32.0 Å². The second-order valence-corrected chi connectivity index (χ2v) is 7.45. The number of nitrogens with one attached hydrogen (secondary N) is 1. The van der Waals surface area contributed by atoms with Crippen molar-refractivity contribution in [1.82, 2.24) is 10.2 Å². The molecule has 1 aliphatic heterocycles. The van der Waals surface area contributed by atoms with Crippen molar-refractivity contribution < 1.29 is 9.59 Å². The molecule has 1 saturated heterocycles. The monoisotopic (exact) mass is 328 g/mol. The van der Waals surface area contributed by atoms with Gasteiger partial charge in [-0.15, -0.1) is 0 Å². The Bertz CT molecular complexity index is 591. The van der Waals surface area contributed by atoms with E-state index >= 15 is 0 Å². The first-order chi connectivity index (χ1) is 11.6. The molecule has 130 valence electrons. The highest BCUT2D eigenvalue weighted by molar-refractivity contribution is 6.02. The van der Waals surface area contributed by atoms with Gasteiger partial charge < -0.3 is 10.2 Å². The summed E-state index contributed by atoms with van der Waals surface area (Å²) in [6.45, 7) is 4.62. The lowest BCUT2D eigenvalue weighted by Gasteiger charge is -2.58. The lowest BCUT2D eigenvalue weighted by Crippen LogP contribution is -2.75. The van der Waals surface area contributed by atoms with Crippen LogP contribution in [0.15, 0.2) is 30.3 Å². The number of likely N-dealkylation sites (tertiary alicyclic amines) is 1. The fourth-order valence-corrected chi connectivity index (χ4v) is 4.34. The van der Waals surface area contributed by atoms with Gasteiger partial charge in [0, 0.05) is 12.6 Å². The number of amides is 2. The van der Waals surface area contributed by atoms with Crippen LogP contribution in [0.4, 0.5) is 0 Å². The Morgan fingerprint density at radius 2 is 1.88 bits per heavy atom. The SMILES string of the molecule is CC(C)N1C(=O)C2(CCCCC2)C1C(=O)NCCc1ccccc1. The molecule has 1 heterocycles. The van der Waals surface area contributed by atoms with Crippen molar-refractivity contribution in [3.05, 3.63) is 35.9 Å². The Kier molecular flexibility index (Phi) is 4.93. The number of hydrogen-bond donors (Lipinski definition) is 1. The fourth-order valence-electron chi connectivity index (χ4n) is 4.34. The molecule has 24 heavy (non-hydrogen) atoms. The van der Waals surface area contributed by atoms with Crippen molar-refractivity contribution >= 4 is 11.8 Å². The van der Waals surface area contributed by atoms with Crippen LogP contribution < -0.4 is 5.32 Å². The van der Waals surface area contributed by atoms with E-state index in [1.54, 1.807) is 4.90 Å². The molecule has 0 bridgehead atoms. The summed E-state index contributed by atoms with van der Waals surface area (Å²) in [6.07, 6.45) is 5.86. The van der Waals surface area contributed by atoms with Crippen molar-refractivity contribution in [2.45, 2.75) is 64.5 Å². The molecule has 1 aliphatic carbocycles. The third kappa shape index (κ3) is 2.94. The molecule has 2 fully saturated rings. The number of carbonyl (C=O) groups is 2. The minimum atomic E-state index is -0.417. The minimum Gasteiger partial charge on any atom is -0.354 e. The molecule has 1 atom stereocenters. The van der Waals surface area contributed by atoms with Crippen molar-refractivity contribution in [2.75, 3.05) is 6.54 Å². The lowest BCUT2D eigenvalue weighted by atomic mass is 9.61. The number of rotatable bonds is 5. The minimum absolute atomic E-state index is 0.0288. The second kappa shape index (κ2) is 6.96. The Balaban J connectivity index is 1.65. The average molecular weight is 328 g/mol. The molecule has 1 aromatic carbocycles. The van der Waals surface area contributed by atoms with Crippen LogP contribution in [0, 0.1) is 5.41 Å². The number of hydrogen-bond acceptors (Lipinski definition) is 2. The molecular formula is C20H28N2O2. The summed E-state index contributed by atoms with van der Waals surface area (Å²) in [7, 11) is 0. The third-order valence-electron chi connectivity index (χ3n) is 5.57. The maximum atomic E-state index is 12.8. The highest BCUT2D eigenvalue weighted by Crippen LogP contribution is 2.50. The van der Waals surface area contributed by atoms with Crippen molar-refractivity contribution in [1.29, 1.82) is 0 Å².